The highest BCUT2D eigenvalue weighted by Gasteiger charge is 2.02. The summed E-state index contributed by atoms with van der Waals surface area (Å²) in [5.74, 6) is -0.186. The second kappa shape index (κ2) is 2.31. The fourth-order valence-electron chi connectivity index (χ4n) is 0.607. The van der Waals surface area contributed by atoms with Crippen LogP contribution in [-0.2, 0) is 0 Å². The minimum atomic E-state index is -0.186. The van der Waals surface area contributed by atoms with Crippen molar-refractivity contribution in [2.24, 2.45) is 0 Å². The van der Waals surface area contributed by atoms with Crippen molar-refractivity contribution < 1.29 is 4.39 Å². The number of hydrogen-bond donors (Lipinski definition) is 0. The summed E-state index contributed by atoms with van der Waals surface area (Å²) in [6.45, 7) is 0. The molecule has 0 radical (unpaired) electrons. The second-order valence-electron chi connectivity index (χ2n) is 1.69. The zero-order valence-electron chi connectivity index (χ0n) is 4.32. The molecule has 0 fully saturated rings. The van der Waals surface area contributed by atoms with Crippen LogP contribution >= 0.6 is 11.6 Å². The SMILES string of the molecule is FC1=C(Cl)C=CCC1. The van der Waals surface area contributed by atoms with Crippen LogP contribution in [0.2, 0.25) is 0 Å². The van der Waals surface area contributed by atoms with Crippen molar-refractivity contribution in [1.29, 1.82) is 0 Å². The van der Waals surface area contributed by atoms with E-state index >= 15 is 0 Å². The fourth-order valence-corrected chi connectivity index (χ4v) is 0.790. The highest BCUT2D eigenvalue weighted by atomic mass is 35.5. The van der Waals surface area contributed by atoms with E-state index in [0.29, 0.717) is 6.42 Å². The van der Waals surface area contributed by atoms with Crippen molar-refractivity contribution in [1.82, 2.24) is 0 Å². The summed E-state index contributed by atoms with van der Waals surface area (Å²) in [6.07, 6.45) is 4.71. The lowest BCUT2D eigenvalue weighted by atomic mass is 10.2. The summed E-state index contributed by atoms with van der Waals surface area (Å²) in [5, 5.41) is 0.260. The molecule has 0 spiro atoms. The highest BCUT2D eigenvalue weighted by molar-refractivity contribution is 6.31. The quantitative estimate of drug-likeness (QED) is 0.476. The van der Waals surface area contributed by atoms with Crippen LogP contribution in [0.5, 0.6) is 0 Å². The zero-order valence-corrected chi connectivity index (χ0v) is 5.08. The predicted molar refractivity (Wildman–Crippen MR) is 32.4 cm³/mol. The topological polar surface area (TPSA) is 0 Å². The first-order chi connectivity index (χ1) is 3.80. The van der Waals surface area contributed by atoms with Gasteiger partial charge >= 0.3 is 0 Å². The molecule has 0 aliphatic heterocycles. The minimum Gasteiger partial charge on any atom is -0.210 e. The van der Waals surface area contributed by atoms with E-state index in [4.69, 9.17) is 11.6 Å². The Morgan fingerprint density at radius 3 is 2.75 bits per heavy atom. The predicted octanol–water partition coefficient (Wildman–Crippen LogP) is 2.76. The van der Waals surface area contributed by atoms with Gasteiger partial charge in [-0.2, -0.15) is 0 Å². The molecule has 0 N–H and O–H groups in total. The second-order valence-corrected chi connectivity index (χ2v) is 2.10. The van der Waals surface area contributed by atoms with E-state index in [0.717, 1.165) is 6.42 Å². The third kappa shape index (κ3) is 1.10. The first-order valence-corrected chi connectivity index (χ1v) is 2.89. The van der Waals surface area contributed by atoms with Gasteiger partial charge < -0.3 is 0 Å². The van der Waals surface area contributed by atoms with Crippen molar-refractivity contribution >= 4 is 11.6 Å². The van der Waals surface area contributed by atoms with E-state index in [2.05, 4.69) is 0 Å². The number of allylic oxidation sites excluding steroid dienone is 4. The molecule has 0 saturated carbocycles. The molecule has 44 valence electrons. The fraction of sp³-hybridized carbons (Fsp3) is 0.333. The number of halogens is 2. The smallest absolute Gasteiger partial charge is 0.119 e. The van der Waals surface area contributed by atoms with Gasteiger partial charge in [0, 0.05) is 6.42 Å². The molecule has 0 bridgehead atoms. The molecular formula is C6H6ClF. The van der Waals surface area contributed by atoms with Crippen molar-refractivity contribution in [3.8, 4) is 0 Å². The molecule has 0 aromatic heterocycles. The first-order valence-electron chi connectivity index (χ1n) is 2.51. The van der Waals surface area contributed by atoms with Crippen molar-refractivity contribution in [2.45, 2.75) is 12.8 Å². The monoisotopic (exact) mass is 132 g/mol. The lowest BCUT2D eigenvalue weighted by molar-refractivity contribution is 0.585. The van der Waals surface area contributed by atoms with Gasteiger partial charge in [-0.1, -0.05) is 17.7 Å². The average Bonchev–Trinajstić information content (AvgIpc) is 1.77. The Morgan fingerprint density at radius 2 is 2.38 bits per heavy atom. The lowest BCUT2D eigenvalue weighted by Crippen LogP contribution is -1.82. The van der Waals surface area contributed by atoms with Crippen LogP contribution in [0, 0.1) is 0 Å². The lowest BCUT2D eigenvalue weighted by Gasteiger charge is -2.00. The Bertz CT molecular complexity index is 147. The summed E-state index contributed by atoms with van der Waals surface area (Å²) in [5.41, 5.74) is 0. The van der Waals surface area contributed by atoms with Crippen LogP contribution in [0.1, 0.15) is 12.8 Å². The standard InChI is InChI=1S/C6H6ClF/c7-5-3-1-2-4-6(5)8/h1,3H,2,4H2. The molecular weight excluding hydrogens is 127 g/mol. The van der Waals surface area contributed by atoms with Gasteiger partial charge in [0.2, 0.25) is 0 Å². The Balaban J connectivity index is 2.76. The maximum atomic E-state index is 12.3. The van der Waals surface area contributed by atoms with E-state index in [1.165, 1.54) is 0 Å². The molecule has 0 saturated heterocycles. The largest absolute Gasteiger partial charge is 0.210 e. The summed E-state index contributed by atoms with van der Waals surface area (Å²) >= 11 is 5.38. The number of rotatable bonds is 0. The molecule has 1 aliphatic rings. The molecule has 1 rings (SSSR count). The molecule has 0 atom stereocenters. The van der Waals surface area contributed by atoms with E-state index in [1.54, 1.807) is 6.08 Å². The molecule has 0 heterocycles. The van der Waals surface area contributed by atoms with Gasteiger partial charge in [-0.05, 0) is 12.5 Å². The van der Waals surface area contributed by atoms with Crippen LogP contribution in [0.3, 0.4) is 0 Å². The molecule has 0 nitrogen and oxygen atoms in total. The van der Waals surface area contributed by atoms with Crippen molar-refractivity contribution in [3.05, 3.63) is 23.0 Å². The minimum absolute atomic E-state index is 0.186. The van der Waals surface area contributed by atoms with Gasteiger partial charge in [-0.3, -0.25) is 0 Å². The van der Waals surface area contributed by atoms with Crippen molar-refractivity contribution in [3.63, 3.8) is 0 Å². The van der Waals surface area contributed by atoms with Crippen LogP contribution in [-0.4, -0.2) is 0 Å². The summed E-state index contributed by atoms with van der Waals surface area (Å²) < 4.78 is 12.3. The molecule has 2 heteroatoms. The molecule has 0 unspecified atom stereocenters. The third-order valence-electron chi connectivity index (χ3n) is 1.05. The Labute approximate surface area is 52.6 Å². The summed E-state index contributed by atoms with van der Waals surface area (Å²) in [6, 6.07) is 0. The molecule has 0 amide bonds. The first kappa shape index (κ1) is 5.83. The maximum Gasteiger partial charge on any atom is 0.119 e. The van der Waals surface area contributed by atoms with Gasteiger partial charge in [-0.25, -0.2) is 4.39 Å². The van der Waals surface area contributed by atoms with E-state index in [-0.39, 0.29) is 10.9 Å². The van der Waals surface area contributed by atoms with Crippen molar-refractivity contribution in [2.75, 3.05) is 0 Å². The van der Waals surface area contributed by atoms with Crippen LogP contribution < -0.4 is 0 Å². The normalized spacial score (nSPS) is 19.8. The van der Waals surface area contributed by atoms with Gasteiger partial charge in [-0.15, -0.1) is 0 Å². The van der Waals surface area contributed by atoms with E-state index in [9.17, 15) is 4.39 Å². The van der Waals surface area contributed by atoms with Gasteiger partial charge in [0.25, 0.3) is 0 Å². The molecule has 8 heavy (non-hydrogen) atoms. The third-order valence-corrected chi connectivity index (χ3v) is 1.38. The zero-order chi connectivity index (χ0) is 5.98. The molecule has 0 aromatic carbocycles. The Morgan fingerprint density at radius 1 is 1.62 bits per heavy atom. The maximum absolute atomic E-state index is 12.3. The van der Waals surface area contributed by atoms with Crippen LogP contribution in [0.15, 0.2) is 23.0 Å². The number of hydrogen-bond acceptors (Lipinski definition) is 0. The van der Waals surface area contributed by atoms with E-state index < -0.39 is 0 Å². The molecule has 0 aromatic rings. The Kier molecular flexibility index (Phi) is 1.69. The van der Waals surface area contributed by atoms with Gasteiger partial charge in [0.05, 0.1) is 5.03 Å². The summed E-state index contributed by atoms with van der Waals surface area (Å²) in [7, 11) is 0. The van der Waals surface area contributed by atoms with Gasteiger partial charge in [0.1, 0.15) is 5.83 Å². The highest BCUT2D eigenvalue weighted by Crippen LogP contribution is 2.21. The molecule has 1 aliphatic carbocycles. The Hall–Kier alpha value is -0.300. The van der Waals surface area contributed by atoms with Gasteiger partial charge in [0.15, 0.2) is 0 Å². The summed E-state index contributed by atoms with van der Waals surface area (Å²) in [4.78, 5) is 0. The van der Waals surface area contributed by atoms with E-state index in [1.807, 2.05) is 6.08 Å². The average molecular weight is 133 g/mol. The van der Waals surface area contributed by atoms with Crippen LogP contribution in [0.25, 0.3) is 0 Å². The van der Waals surface area contributed by atoms with Crippen LogP contribution in [0.4, 0.5) is 4.39 Å².